The van der Waals surface area contributed by atoms with E-state index in [4.69, 9.17) is 17.0 Å². The zero-order chi connectivity index (χ0) is 19.6. The van der Waals surface area contributed by atoms with Gasteiger partial charge in [0.15, 0.2) is 5.11 Å². The van der Waals surface area contributed by atoms with Crippen molar-refractivity contribution in [3.8, 4) is 5.75 Å². The molecular weight excluding hydrogens is 362 g/mol. The minimum Gasteiger partial charge on any atom is -0.494 e. The standard InChI is InChI=1S/C20H23N3O3S/c1-3-4-12-26-17-7-5-6-15(13-17)19(25)23-20(27)22-16-10-8-14(9-11-16)18(24)21-2/h5-11,13H,3-4,12H2,1-2H3,(H,21,24)(H2,22,23,25,27). The molecule has 2 amide bonds. The third-order valence-corrected chi connectivity index (χ3v) is 3.93. The molecule has 6 nitrogen and oxygen atoms in total. The molecule has 3 N–H and O–H groups in total. The zero-order valence-electron chi connectivity index (χ0n) is 15.4. The summed E-state index contributed by atoms with van der Waals surface area (Å²) in [5.74, 6) is 0.161. The number of rotatable bonds is 7. The Hall–Kier alpha value is -2.93. The number of anilines is 1. The maximum absolute atomic E-state index is 12.4. The summed E-state index contributed by atoms with van der Waals surface area (Å²) < 4.78 is 5.62. The number of amides is 2. The molecule has 0 aromatic heterocycles. The van der Waals surface area contributed by atoms with Crippen LogP contribution >= 0.6 is 12.2 Å². The largest absolute Gasteiger partial charge is 0.494 e. The molecule has 0 bridgehead atoms. The van der Waals surface area contributed by atoms with Crippen molar-refractivity contribution in [2.75, 3.05) is 19.0 Å². The molecule has 0 aliphatic rings. The first-order valence-electron chi connectivity index (χ1n) is 8.71. The van der Waals surface area contributed by atoms with Crippen LogP contribution in [0.3, 0.4) is 0 Å². The molecule has 2 aromatic carbocycles. The molecule has 0 spiro atoms. The number of hydrogen-bond acceptors (Lipinski definition) is 4. The highest BCUT2D eigenvalue weighted by Crippen LogP contribution is 2.14. The number of thiocarbonyl (C=S) groups is 1. The molecule has 7 heteroatoms. The predicted octanol–water partition coefficient (Wildman–Crippen LogP) is 3.35. The van der Waals surface area contributed by atoms with E-state index in [2.05, 4.69) is 22.9 Å². The van der Waals surface area contributed by atoms with Crippen LogP contribution in [-0.4, -0.2) is 30.6 Å². The van der Waals surface area contributed by atoms with Crippen LogP contribution < -0.4 is 20.7 Å². The summed E-state index contributed by atoms with van der Waals surface area (Å²) in [6.45, 7) is 2.71. The minimum absolute atomic E-state index is 0.168. The quantitative estimate of drug-likeness (QED) is 0.503. The summed E-state index contributed by atoms with van der Waals surface area (Å²) in [5.41, 5.74) is 1.67. The van der Waals surface area contributed by atoms with E-state index in [0.29, 0.717) is 29.2 Å². The van der Waals surface area contributed by atoms with Gasteiger partial charge in [-0.05, 0) is 61.1 Å². The molecule has 0 saturated carbocycles. The van der Waals surface area contributed by atoms with Crippen molar-refractivity contribution >= 4 is 34.8 Å². The van der Waals surface area contributed by atoms with Crippen molar-refractivity contribution in [2.45, 2.75) is 19.8 Å². The second-order valence-corrected chi connectivity index (χ2v) is 6.20. The Labute approximate surface area is 164 Å². The fourth-order valence-corrected chi connectivity index (χ4v) is 2.46. The topological polar surface area (TPSA) is 79.5 Å². The van der Waals surface area contributed by atoms with Gasteiger partial charge >= 0.3 is 0 Å². The molecule has 0 heterocycles. The van der Waals surface area contributed by atoms with Gasteiger partial charge in [-0.15, -0.1) is 0 Å². The molecule has 0 radical (unpaired) electrons. The van der Waals surface area contributed by atoms with E-state index in [1.165, 1.54) is 0 Å². The van der Waals surface area contributed by atoms with Crippen molar-refractivity contribution in [1.82, 2.24) is 10.6 Å². The number of unbranched alkanes of at least 4 members (excludes halogenated alkanes) is 1. The van der Waals surface area contributed by atoms with Crippen LogP contribution in [0.5, 0.6) is 5.75 Å². The first-order chi connectivity index (χ1) is 13.0. The number of carbonyl (C=O) groups is 2. The minimum atomic E-state index is -0.324. The van der Waals surface area contributed by atoms with E-state index in [1.807, 2.05) is 6.07 Å². The van der Waals surface area contributed by atoms with Crippen LogP contribution in [0.25, 0.3) is 0 Å². The Morgan fingerprint density at radius 3 is 2.44 bits per heavy atom. The Kier molecular flexibility index (Phi) is 7.76. The van der Waals surface area contributed by atoms with Gasteiger partial charge in [0.2, 0.25) is 0 Å². The van der Waals surface area contributed by atoms with Crippen molar-refractivity contribution in [1.29, 1.82) is 0 Å². The molecule has 0 fully saturated rings. The average molecular weight is 385 g/mol. The Morgan fingerprint density at radius 2 is 1.78 bits per heavy atom. The summed E-state index contributed by atoms with van der Waals surface area (Å²) in [6.07, 6.45) is 2.01. The maximum Gasteiger partial charge on any atom is 0.257 e. The second-order valence-electron chi connectivity index (χ2n) is 5.79. The number of hydrogen-bond donors (Lipinski definition) is 3. The van der Waals surface area contributed by atoms with E-state index in [-0.39, 0.29) is 16.9 Å². The molecule has 0 saturated heterocycles. The lowest BCUT2D eigenvalue weighted by molar-refractivity contribution is 0.0959. The molecule has 0 unspecified atom stereocenters. The highest BCUT2D eigenvalue weighted by atomic mass is 32.1. The van der Waals surface area contributed by atoms with Gasteiger partial charge < -0.3 is 15.4 Å². The summed E-state index contributed by atoms with van der Waals surface area (Å²) >= 11 is 5.18. The van der Waals surface area contributed by atoms with Gasteiger partial charge in [-0.2, -0.15) is 0 Å². The first kappa shape index (κ1) is 20.4. The van der Waals surface area contributed by atoms with Gasteiger partial charge in [0.05, 0.1) is 6.61 Å². The van der Waals surface area contributed by atoms with Crippen molar-refractivity contribution in [3.63, 3.8) is 0 Å². The highest BCUT2D eigenvalue weighted by Gasteiger charge is 2.10. The summed E-state index contributed by atoms with van der Waals surface area (Å²) in [4.78, 5) is 23.9. The SMILES string of the molecule is CCCCOc1cccc(C(=O)NC(=S)Nc2ccc(C(=O)NC)cc2)c1. The monoisotopic (exact) mass is 385 g/mol. The van der Waals surface area contributed by atoms with Crippen molar-refractivity contribution < 1.29 is 14.3 Å². The number of carbonyl (C=O) groups excluding carboxylic acids is 2. The third-order valence-electron chi connectivity index (χ3n) is 3.72. The van der Waals surface area contributed by atoms with Crippen LogP contribution in [0.1, 0.15) is 40.5 Å². The highest BCUT2D eigenvalue weighted by molar-refractivity contribution is 7.80. The van der Waals surface area contributed by atoms with Crippen LogP contribution in [-0.2, 0) is 0 Å². The molecule has 2 rings (SSSR count). The Balaban J connectivity index is 1.92. The van der Waals surface area contributed by atoms with Crippen molar-refractivity contribution in [3.05, 3.63) is 59.7 Å². The van der Waals surface area contributed by atoms with Crippen LogP contribution in [0.15, 0.2) is 48.5 Å². The molecule has 0 atom stereocenters. The van der Waals surface area contributed by atoms with Crippen LogP contribution in [0, 0.1) is 0 Å². The smallest absolute Gasteiger partial charge is 0.257 e. The number of ether oxygens (including phenoxy) is 1. The van der Waals surface area contributed by atoms with E-state index < -0.39 is 0 Å². The summed E-state index contributed by atoms with van der Waals surface area (Å²) in [7, 11) is 1.57. The van der Waals surface area contributed by atoms with E-state index >= 15 is 0 Å². The second kappa shape index (κ2) is 10.3. The fraction of sp³-hybridized carbons (Fsp3) is 0.250. The number of nitrogens with one attached hydrogen (secondary N) is 3. The predicted molar refractivity (Wildman–Crippen MR) is 110 cm³/mol. The van der Waals surface area contributed by atoms with E-state index in [9.17, 15) is 9.59 Å². The normalized spacial score (nSPS) is 10.0. The first-order valence-corrected chi connectivity index (χ1v) is 9.11. The fourth-order valence-electron chi connectivity index (χ4n) is 2.25. The van der Waals surface area contributed by atoms with Crippen LogP contribution in [0.4, 0.5) is 5.69 Å². The zero-order valence-corrected chi connectivity index (χ0v) is 16.2. The van der Waals surface area contributed by atoms with Gasteiger partial charge in [-0.1, -0.05) is 19.4 Å². The lowest BCUT2D eigenvalue weighted by atomic mass is 10.2. The molecule has 2 aromatic rings. The van der Waals surface area contributed by atoms with Gasteiger partial charge in [0.25, 0.3) is 11.8 Å². The van der Waals surface area contributed by atoms with Crippen LogP contribution in [0.2, 0.25) is 0 Å². The van der Waals surface area contributed by atoms with Gasteiger partial charge in [-0.3, -0.25) is 14.9 Å². The van der Waals surface area contributed by atoms with Gasteiger partial charge in [-0.25, -0.2) is 0 Å². The Bertz CT molecular complexity index is 806. The molecule has 0 aliphatic carbocycles. The molecular formula is C20H23N3O3S. The van der Waals surface area contributed by atoms with Gasteiger partial charge in [0.1, 0.15) is 5.75 Å². The Morgan fingerprint density at radius 1 is 1.04 bits per heavy atom. The van der Waals surface area contributed by atoms with Gasteiger partial charge in [0, 0.05) is 23.9 Å². The number of benzene rings is 2. The lowest BCUT2D eigenvalue weighted by Crippen LogP contribution is -2.34. The van der Waals surface area contributed by atoms with E-state index in [1.54, 1.807) is 49.5 Å². The molecule has 27 heavy (non-hydrogen) atoms. The maximum atomic E-state index is 12.4. The summed E-state index contributed by atoms with van der Waals surface area (Å²) in [6, 6.07) is 13.7. The summed E-state index contributed by atoms with van der Waals surface area (Å²) in [5, 5.41) is 8.28. The lowest BCUT2D eigenvalue weighted by Gasteiger charge is -2.11. The third kappa shape index (κ3) is 6.38. The van der Waals surface area contributed by atoms with E-state index in [0.717, 1.165) is 12.8 Å². The average Bonchev–Trinajstić information content (AvgIpc) is 2.68. The molecule has 142 valence electrons. The van der Waals surface area contributed by atoms with Crippen molar-refractivity contribution in [2.24, 2.45) is 0 Å². The molecule has 0 aliphatic heterocycles.